The highest BCUT2D eigenvalue weighted by molar-refractivity contribution is 5.68. The van der Waals surface area contributed by atoms with E-state index in [1.165, 1.54) is 6.07 Å². The van der Waals surface area contributed by atoms with Crippen molar-refractivity contribution in [2.75, 3.05) is 23.8 Å². The third-order valence-corrected chi connectivity index (χ3v) is 5.02. The summed E-state index contributed by atoms with van der Waals surface area (Å²) in [6.45, 7) is 8.15. The summed E-state index contributed by atoms with van der Waals surface area (Å²) in [7, 11) is 0. The number of nitrogens with zero attached hydrogens (tertiary/aromatic N) is 1. The first-order chi connectivity index (χ1) is 9.82. The average molecular weight is 292 g/mol. The monoisotopic (exact) mass is 292 g/mol. The second kappa shape index (κ2) is 4.87. The van der Waals surface area contributed by atoms with E-state index >= 15 is 0 Å². The minimum atomic E-state index is -0.221. The Hall–Kier alpha value is -1.29. The molecule has 116 valence electrons. The molecule has 2 aliphatic rings. The third-order valence-electron chi connectivity index (χ3n) is 5.02. The molecule has 2 aliphatic heterocycles. The summed E-state index contributed by atoms with van der Waals surface area (Å²) in [6, 6.07) is 5.20. The van der Waals surface area contributed by atoms with Gasteiger partial charge in [0.25, 0.3) is 0 Å². The van der Waals surface area contributed by atoms with Gasteiger partial charge in [0, 0.05) is 18.0 Å². The van der Waals surface area contributed by atoms with Gasteiger partial charge >= 0.3 is 0 Å². The lowest BCUT2D eigenvalue weighted by Gasteiger charge is -2.45. The van der Waals surface area contributed by atoms with Crippen LogP contribution in [0.3, 0.4) is 0 Å². The van der Waals surface area contributed by atoms with Crippen LogP contribution in [0.5, 0.6) is 0 Å². The van der Waals surface area contributed by atoms with E-state index in [1.54, 1.807) is 12.1 Å². The molecule has 2 fully saturated rings. The minimum absolute atomic E-state index is 0.0289. The molecule has 2 heterocycles. The van der Waals surface area contributed by atoms with Crippen molar-refractivity contribution in [3.05, 3.63) is 24.0 Å². The predicted molar refractivity (Wildman–Crippen MR) is 83.9 cm³/mol. The van der Waals surface area contributed by atoms with Gasteiger partial charge in [0.2, 0.25) is 0 Å². The third kappa shape index (κ3) is 2.61. The quantitative estimate of drug-likeness (QED) is 0.804. The Kier molecular flexibility index (Phi) is 3.40. The Morgan fingerprint density at radius 2 is 2.14 bits per heavy atom. The van der Waals surface area contributed by atoms with Crippen molar-refractivity contribution in [2.24, 2.45) is 5.41 Å². The number of benzene rings is 1. The first-order valence-corrected chi connectivity index (χ1v) is 7.77. The van der Waals surface area contributed by atoms with Crippen molar-refractivity contribution >= 4 is 11.4 Å². The van der Waals surface area contributed by atoms with Crippen LogP contribution in [0.15, 0.2) is 18.2 Å². The molecule has 1 aromatic carbocycles. The topological polar surface area (TPSA) is 38.5 Å². The maximum atomic E-state index is 14.2. The summed E-state index contributed by atoms with van der Waals surface area (Å²) in [5.74, 6) is -0.221. The number of piperidine rings is 1. The summed E-state index contributed by atoms with van der Waals surface area (Å²) in [6.07, 6.45) is 3.16. The predicted octanol–water partition coefficient (Wildman–Crippen LogP) is 3.58. The molecule has 0 radical (unpaired) electrons. The van der Waals surface area contributed by atoms with Crippen molar-refractivity contribution in [1.82, 2.24) is 0 Å². The Morgan fingerprint density at radius 3 is 2.71 bits per heavy atom. The molecule has 0 saturated carbocycles. The molecule has 2 saturated heterocycles. The van der Waals surface area contributed by atoms with E-state index < -0.39 is 0 Å². The number of halogens is 1. The molecule has 2 N–H and O–H groups in total. The van der Waals surface area contributed by atoms with E-state index in [9.17, 15) is 4.39 Å². The molecule has 0 bridgehead atoms. The van der Waals surface area contributed by atoms with Crippen molar-refractivity contribution in [3.8, 4) is 0 Å². The fourth-order valence-corrected chi connectivity index (χ4v) is 4.23. The molecule has 0 aromatic heterocycles. The molecule has 2 atom stereocenters. The first kappa shape index (κ1) is 14.6. The molecule has 0 unspecified atom stereocenters. The Labute approximate surface area is 126 Å². The molecule has 0 amide bonds. The molecule has 3 rings (SSSR count). The van der Waals surface area contributed by atoms with E-state index in [4.69, 9.17) is 10.5 Å². The van der Waals surface area contributed by atoms with Crippen LogP contribution in [0.25, 0.3) is 0 Å². The number of nitrogens with two attached hydrogens (primary N) is 1. The zero-order valence-corrected chi connectivity index (χ0v) is 13.2. The summed E-state index contributed by atoms with van der Waals surface area (Å²) in [4.78, 5) is 2.13. The molecule has 1 aromatic rings. The van der Waals surface area contributed by atoms with Crippen LogP contribution in [0, 0.1) is 11.2 Å². The number of nitrogen functional groups attached to an aromatic ring is 1. The fourth-order valence-electron chi connectivity index (χ4n) is 4.23. The maximum Gasteiger partial charge on any atom is 0.148 e. The Bertz CT molecular complexity index is 525. The first-order valence-electron chi connectivity index (χ1n) is 7.77. The smallest absolute Gasteiger partial charge is 0.148 e. The van der Waals surface area contributed by atoms with Crippen molar-refractivity contribution in [2.45, 2.75) is 51.7 Å². The van der Waals surface area contributed by atoms with Gasteiger partial charge in [0.15, 0.2) is 0 Å². The van der Waals surface area contributed by atoms with E-state index in [-0.39, 0.29) is 22.9 Å². The number of para-hydroxylation sites is 1. The molecule has 0 aliphatic carbocycles. The molecule has 1 spiro atoms. The highest BCUT2D eigenvalue weighted by Crippen LogP contribution is 2.49. The lowest BCUT2D eigenvalue weighted by Crippen LogP contribution is -2.47. The number of anilines is 2. The summed E-state index contributed by atoms with van der Waals surface area (Å²) >= 11 is 0. The van der Waals surface area contributed by atoms with Crippen LogP contribution in [-0.4, -0.2) is 24.8 Å². The van der Waals surface area contributed by atoms with Crippen LogP contribution < -0.4 is 10.6 Å². The van der Waals surface area contributed by atoms with Gasteiger partial charge in [-0.25, -0.2) is 4.39 Å². The van der Waals surface area contributed by atoms with E-state index in [0.29, 0.717) is 11.4 Å². The van der Waals surface area contributed by atoms with Gasteiger partial charge in [-0.2, -0.15) is 0 Å². The standard InChI is InChI=1S/C17H25FN2O/c1-12-9-17(10-16(2,3)21-11-17)7-8-20(12)15-13(18)5-4-6-14(15)19/h4-6,12H,7-11,19H2,1-3H3/t12-,17-/m1/s1. The second-order valence-corrected chi connectivity index (χ2v) is 7.40. The van der Waals surface area contributed by atoms with E-state index in [0.717, 1.165) is 32.4 Å². The maximum absolute atomic E-state index is 14.2. The largest absolute Gasteiger partial charge is 0.397 e. The van der Waals surface area contributed by atoms with Gasteiger partial charge in [0.1, 0.15) is 5.82 Å². The molecular weight excluding hydrogens is 267 g/mol. The molecule has 4 heteroatoms. The van der Waals surface area contributed by atoms with Crippen LogP contribution in [-0.2, 0) is 4.74 Å². The minimum Gasteiger partial charge on any atom is -0.397 e. The van der Waals surface area contributed by atoms with E-state index in [1.807, 2.05) is 0 Å². The highest BCUT2D eigenvalue weighted by Gasteiger charge is 2.48. The average Bonchev–Trinajstić information content (AvgIpc) is 2.67. The zero-order valence-electron chi connectivity index (χ0n) is 13.2. The van der Waals surface area contributed by atoms with Gasteiger partial charge in [-0.1, -0.05) is 6.07 Å². The summed E-state index contributed by atoms with van der Waals surface area (Å²) < 4.78 is 20.1. The molecule has 21 heavy (non-hydrogen) atoms. The van der Waals surface area contributed by atoms with Gasteiger partial charge in [0.05, 0.1) is 23.6 Å². The van der Waals surface area contributed by atoms with Gasteiger partial charge in [-0.15, -0.1) is 0 Å². The molecular formula is C17H25FN2O. The van der Waals surface area contributed by atoms with Crippen LogP contribution >= 0.6 is 0 Å². The van der Waals surface area contributed by atoms with Crippen molar-refractivity contribution in [1.29, 1.82) is 0 Å². The number of rotatable bonds is 1. The highest BCUT2D eigenvalue weighted by atomic mass is 19.1. The normalized spacial score (nSPS) is 31.8. The number of ether oxygens (including phenoxy) is 1. The lowest BCUT2D eigenvalue weighted by atomic mass is 9.72. The fraction of sp³-hybridized carbons (Fsp3) is 0.647. The van der Waals surface area contributed by atoms with Crippen molar-refractivity contribution in [3.63, 3.8) is 0 Å². The SMILES string of the molecule is C[C@@H]1C[C@@]2(CCN1c1c(N)cccc1F)COC(C)(C)C2. The summed E-state index contributed by atoms with van der Waals surface area (Å²) in [5.41, 5.74) is 7.31. The van der Waals surface area contributed by atoms with Gasteiger partial charge < -0.3 is 15.4 Å². The van der Waals surface area contributed by atoms with Crippen LogP contribution in [0.2, 0.25) is 0 Å². The number of hydrogen-bond acceptors (Lipinski definition) is 3. The Morgan fingerprint density at radius 1 is 1.38 bits per heavy atom. The second-order valence-electron chi connectivity index (χ2n) is 7.40. The zero-order chi connectivity index (χ0) is 15.3. The molecule has 3 nitrogen and oxygen atoms in total. The van der Waals surface area contributed by atoms with Crippen molar-refractivity contribution < 1.29 is 9.13 Å². The van der Waals surface area contributed by atoms with Gasteiger partial charge in [-0.3, -0.25) is 0 Å². The van der Waals surface area contributed by atoms with E-state index in [2.05, 4.69) is 25.7 Å². The van der Waals surface area contributed by atoms with Gasteiger partial charge in [-0.05, 0) is 52.2 Å². The number of hydrogen-bond donors (Lipinski definition) is 1. The lowest BCUT2D eigenvalue weighted by molar-refractivity contribution is 0.0287. The summed E-state index contributed by atoms with van der Waals surface area (Å²) in [5, 5.41) is 0. The van der Waals surface area contributed by atoms with Crippen LogP contribution in [0.4, 0.5) is 15.8 Å². The Balaban J connectivity index is 1.81. The van der Waals surface area contributed by atoms with Crippen LogP contribution in [0.1, 0.15) is 40.0 Å².